The number of carboxylic acids is 1. The standard InChI is InChI=1S/C8H11N3O2/c1-5(9-2)7-10-3-6(4-11-7)8(12)13/h3-5,9H,1-2H3,(H,12,13)/t5-/m0/s1. The van der Waals surface area contributed by atoms with Gasteiger partial charge >= 0.3 is 5.97 Å². The van der Waals surface area contributed by atoms with E-state index in [0.29, 0.717) is 5.82 Å². The molecule has 1 aromatic rings. The number of nitrogens with zero attached hydrogens (tertiary/aromatic N) is 2. The maximum atomic E-state index is 10.5. The van der Waals surface area contributed by atoms with Crippen LogP contribution >= 0.6 is 0 Å². The fourth-order valence-corrected chi connectivity index (χ4v) is 0.801. The first-order valence-electron chi connectivity index (χ1n) is 3.87. The maximum Gasteiger partial charge on any atom is 0.338 e. The van der Waals surface area contributed by atoms with E-state index in [0.717, 1.165) is 0 Å². The molecule has 0 spiro atoms. The Kier molecular flexibility index (Phi) is 2.92. The van der Waals surface area contributed by atoms with Crippen LogP contribution in [0.5, 0.6) is 0 Å². The molecule has 0 fully saturated rings. The first kappa shape index (κ1) is 9.60. The minimum absolute atomic E-state index is 0.0304. The first-order valence-corrected chi connectivity index (χ1v) is 3.87. The van der Waals surface area contributed by atoms with Crippen LogP contribution in [-0.2, 0) is 0 Å². The predicted molar refractivity (Wildman–Crippen MR) is 46.5 cm³/mol. The van der Waals surface area contributed by atoms with Gasteiger partial charge in [0.1, 0.15) is 5.82 Å². The van der Waals surface area contributed by atoms with Crippen molar-refractivity contribution in [3.63, 3.8) is 0 Å². The van der Waals surface area contributed by atoms with Crippen LogP contribution in [0.15, 0.2) is 12.4 Å². The van der Waals surface area contributed by atoms with Gasteiger partial charge in [0.05, 0.1) is 11.6 Å². The van der Waals surface area contributed by atoms with Gasteiger partial charge in [0.2, 0.25) is 0 Å². The monoisotopic (exact) mass is 181 g/mol. The molecule has 13 heavy (non-hydrogen) atoms. The summed E-state index contributed by atoms with van der Waals surface area (Å²) in [6.45, 7) is 1.90. The molecule has 0 amide bonds. The summed E-state index contributed by atoms with van der Waals surface area (Å²) in [6.07, 6.45) is 2.61. The van der Waals surface area contributed by atoms with Gasteiger partial charge in [0.15, 0.2) is 0 Å². The number of nitrogens with one attached hydrogen (secondary N) is 1. The Balaban J connectivity index is 2.87. The smallest absolute Gasteiger partial charge is 0.338 e. The minimum Gasteiger partial charge on any atom is -0.478 e. The largest absolute Gasteiger partial charge is 0.478 e. The van der Waals surface area contributed by atoms with E-state index < -0.39 is 5.97 Å². The molecule has 0 saturated heterocycles. The van der Waals surface area contributed by atoms with Crippen molar-refractivity contribution in [2.24, 2.45) is 0 Å². The molecule has 0 saturated carbocycles. The Bertz CT molecular complexity index is 297. The van der Waals surface area contributed by atoms with Crippen molar-refractivity contribution in [2.45, 2.75) is 13.0 Å². The lowest BCUT2D eigenvalue weighted by molar-refractivity contribution is 0.0696. The minimum atomic E-state index is -1.01. The number of hydrogen-bond donors (Lipinski definition) is 2. The molecule has 70 valence electrons. The summed E-state index contributed by atoms with van der Waals surface area (Å²) in [6, 6.07) is 0.0304. The van der Waals surface area contributed by atoms with Gasteiger partial charge in [-0.1, -0.05) is 0 Å². The SMILES string of the molecule is CN[C@@H](C)c1ncc(C(=O)O)cn1. The van der Waals surface area contributed by atoms with Gasteiger partial charge in [0.25, 0.3) is 0 Å². The molecular formula is C8H11N3O2. The number of aromatic nitrogens is 2. The molecule has 0 aliphatic heterocycles. The van der Waals surface area contributed by atoms with E-state index >= 15 is 0 Å². The molecule has 2 N–H and O–H groups in total. The van der Waals surface area contributed by atoms with E-state index in [4.69, 9.17) is 5.11 Å². The Morgan fingerprint density at radius 2 is 2.08 bits per heavy atom. The van der Waals surface area contributed by atoms with Gasteiger partial charge in [-0.2, -0.15) is 0 Å². The maximum absolute atomic E-state index is 10.5. The second kappa shape index (κ2) is 3.95. The molecule has 0 bridgehead atoms. The van der Waals surface area contributed by atoms with Crippen LogP contribution < -0.4 is 5.32 Å². The summed E-state index contributed by atoms with van der Waals surface area (Å²) in [5.74, 6) is -0.420. The quantitative estimate of drug-likeness (QED) is 0.708. The zero-order valence-electron chi connectivity index (χ0n) is 7.48. The predicted octanol–water partition coefficient (Wildman–Crippen LogP) is 0.455. The van der Waals surface area contributed by atoms with Crippen LogP contribution in [0.4, 0.5) is 0 Å². The Morgan fingerprint density at radius 1 is 1.54 bits per heavy atom. The molecule has 0 unspecified atom stereocenters. The number of carboxylic acid groups (broad SMARTS) is 1. The highest BCUT2D eigenvalue weighted by molar-refractivity contribution is 5.86. The highest BCUT2D eigenvalue weighted by Gasteiger charge is 2.07. The van der Waals surface area contributed by atoms with Crippen molar-refractivity contribution in [3.8, 4) is 0 Å². The van der Waals surface area contributed by atoms with Gasteiger partial charge in [-0.15, -0.1) is 0 Å². The Hall–Kier alpha value is -1.49. The second-order valence-electron chi connectivity index (χ2n) is 2.65. The molecule has 5 nitrogen and oxygen atoms in total. The number of rotatable bonds is 3. The van der Waals surface area contributed by atoms with Crippen molar-refractivity contribution < 1.29 is 9.90 Å². The summed E-state index contributed by atoms with van der Waals surface area (Å²) in [7, 11) is 1.79. The van der Waals surface area contributed by atoms with E-state index in [2.05, 4.69) is 15.3 Å². The lowest BCUT2D eigenvalue weighted by Gasteiger charge is -2.07. The lowest BCUT2D eigenvalue weighted by Crippen LogP contribution is -2.15. The van der Waals surface area contributed by atoms with E-state index in [-0.39, 0.29) is 11.6 Å². The third kappa shape index (κ3) is 2.22. The highest BCUT2D eigenvalue weighted by Crippen LogP contribution is 2.04. The number of hydrogen-bond acceptors (Lipinski definition) is 4. The van der Waals surface area contributed by atoms with Gasteiger partial charge in [0, 0.05) is 12.4 Å². The van der Waals surface area contributed by atoms with Crippen molar-refractivity contribution in [3.05, 3.63) is 23.8 Å². The average molecular weight is 181 g/mol. The van der Waals surface area contributed by atoms with Crippen molar-refractivity contribution in [1.82, 2.24) is 15.3 Å². The highest BCUT2D eigenvalue weighted by atomic mass is 16.4. The molecular weight excluding hydrogens is 170 g/mol. The van der Waals surface area contributed by atoms with Crippen molar-refractivity contribution >= 4 is 5.97 Å². The lowest BCUT2D eigenvalue weighted by atomic mass is 10.3. The van der Waals surface area contributed by atoms with Crippen molar-refractivity contribution in [1.29, 1.82) is 0 Å². The Labute approximate surface area is 75.8 Å². The molecule has 0 radical (unpaired) electrons. The molecule has 0 aliphatic rings. The van der Waals surface area contributed by atoms with Gasteiger partial charge in [-0.25, -0.2) is 14.8 Å². The molecule has 1 atom stereocenters. The van der Waals surface area contributed by atoms with Crippen LogP contribution in [-0.4, -0.2) is 28.1 Å². The normalized spacial score (nSPS) is 12.5. The summed E-state index contributed by atoms with van der Waals surface area (Å²) in [5, 5.41) is 11.5. The van der Waals surface area contributed by atoms with Crippen LogP contribution in [0.25, 0.3) is 0 Å². The zero-order valence-corrected chi connectivity index (χ0v) is 7.48. The molecule has 1 aromatic heterocycles. The van der Waals surface area contributed by atoms with Crippen LogP contribution in [0.1, 0.15) is 29.1 Å². The molecule has 0 aliphatic carbocycles. The number of carbonyl (C=O) groups is 1. The third-order valence-corrected chi connectivity index (χ3v) is 1.74. The van der Waals surface area contributed by atoms with Gasteiger partial charge in [-0.3, -0.25) is 0 Å². The van der Waals surface area contributed by atoms with E-state index in [1.165, 1.54) is 12.4 Å². The molecule has 1 heterocycles. The van der Waals surface area contributed by atoms with Gasteiger partial charge in [-0.05, 0) is 14.0 Å². The Morgan fingerprint density at radius 3 is 2.46 bits per heavy atom. The summed E-state index contributed by atoms with van der Waals surface area (Å²) in [4.78, 5) is 18.3. The summed E-state index contributed by atoms with van der Waals surface area (Å²) in [5.41, 5.74) is 0.104. The third-order valence-electron chi connectivity index (χ3n) is 1.74. The van der Waals surface area contributed by atoms with E-state index in [1.54, 1.807) is 7.05 Å². The topological polar surface area (TPSA) is 75.1 Å². The van der Waals surface area contributed by atoms with E-state index in [9.17, 15) is 4.79 Å². The zero-order chi connectivity index (χ0) is 9.84. The van der Waals surface area contributed by atoms with Crippen LogP contribution in [0.3, 0.4) is 0 Å². The first-order chi connectivity index (χ1) is 6.15. The average Bonchev–Trinajstić information content (AvgIpc) is 2.17. The fraction of sp³-hybridized carbons (Fsp3) is 0.375. The summed E-state index contributed by atoms with van der Waals surface area (Å²) >= 11 is 0. The molecule has 1 rings (SSSR count). The van der Waals surface area contributed by atoms with Crippen LogP contribution in [0, 0.1) is 0 Å². The second-order valence-corrected chi connectivity index (χ2v) is 2.65. The van der Waals surface area contributed by atoms with E-state index in [1.807, 2.05) is 6.92 Å². The van der Waals surface area contributed by atoms with Crippen molar-refractivity contribution in [2.75, 3.05) is 7.05 Å². The summed E-state index contributed by atoms with van der Waals surface area (Å²) < 4.78 is 0. The molecule has 0 aromatic carbocycles. The molecule has 5 heteroatoms. The van der Waals surface area contributed by atoms with Gasteiger partial charge < -0.3 is 10.4 Å². The number of aromatic carboxylic acids is 1. The fourth-order valence-electron chi connectivity index (χ4n) is 0.801. The van der Waals surface area contributed by atoms with Crippen LogP contribution in [0.2, 0.25) is 0 Å².